The molecule has 1 N–H and O–H groups in total. The van der Waals surface area contributed by atoms with E-state index in [0.29, 0.717) is 13.0 Å². The molecule has 1 aliphatic rings. The summed E-state index contributed by atoms with van der Waals surface area (Å²) in [7, 11) is 0. The van der Waals surface area contributed by atoms with Crippen LogP contribution in [-0.2, 0) is 4.79 Å². The zero-order valence-electron chi connectivity index (χ0n) is 11.6. The minimum Gasteiger partial charge on any atom is -0.381 e. The van der Waals surface area contributed by atoms with Crippen molar-refractivity contribution in [2.75, 3.05) is 6.54 Å². The van der Waals surface area contributed by atoms with Crippen molar-refractivity contribution in [1.29, 1.82) is 0 Å². The Morgan fingerprint density at radius 2 is 2.05 bits per heavy atom. The van der Waals surface area contributed by atoms with Crippen molar-refractivity contribution in [3.05, 3.63) is 0 Å². The standard InChI is InChI=1S/C13H22F3NO2/c1-4-10(8-12(3,19)13(14,15)16)17-7-5-6-9(2)11(17)18/h9-10,19H,4-8H2,1-3H3/t9?,10-,12?/m0/s1. The molecule has 112 valence electrons. The summed E-state index contributed by atoms with van der Waals surface area (Å²) in [5, 5.41) is 9.57. The SMILES string of the molecule is CC[C@@H](CC(C)(O)C(F)(F)F)N1CCCC(C)C1=O. The second-order valence-electron chi connectivity index (χ2n) is 5.61. The highest BCUT2D eigenvalue weighted by Gasteiger charge is 2.51. The number of rotatable bonds is 4. The maximum atomic E-state index is 12.7. The molecular formula is C13H22F3NO2. The lowest BCUT2D eigenvalue weighted by atomic mass is 9.90. The normalized spacial score (nSPS) is 26.2. The first kappa shape index (κ1) is 16.3. The summed E-state index contributed by atoms with van der Waals surface area (Å²) in [5.41, 5.74) is -2.76. The fourth-order valence-electron chi connectivity index (χ4n) is 2.50. The van der Waals surface area contributed by atoms with E-state index >= 15 is 0 Å². The lowest BCUT2D eigenvalue weighted by Gasteiger charge is -2.40. The number of piperidine rings is 1. The third-order valence-electron chi connectivity index (χ3n) is 3.90. The third kappa shape index (κ3) is 3.61. The minimum absolute atomic E-state index is 0.101. The average Bonchev–Trinajstić information content (AvgIpc) is 2.28. The second-order valence-corrected chi connectivity index (χ2v) is 5.61. The topological polar surface area (TPSA) is 40.5 Å². The fourth-order valence-corrected chi connectivity index (χ4v) is 2.50. The van der Waals surface area contributed by atoms with Gasteiger partial charge >= 0.3 is 6.18 Å². The maximum Gasteiger partial charge on any atom is 0.416 e. The molecule has 1 rings (SSSR count). The molecule has 0 aromatic heterocycles. The van der Waals surface area contributed by atoms with Gasteiger partial charge in [0.25, 0.3) is 0 Å². The van der Waals surface area contributed by atoms with Crippen molar-refractivity contribution < 1.29 is 23.1 Å². The smallest absolute Gasteiger partial charge is 0.381 e. The molecule has 0 spiro atoms. The van der Waals surface area contributed by atoms with E-state index in [2.05, 4.69) is 0 Å². The van der Waals surface area contributed by atoms with Gasteiger partial charge in [-0.1, -0.05) is 13.8 Å². The molecule has 6 heteroatoms. The van der Waals surface area contributed by atoms with Gasteiger partial charge in [0.05, 0.1) is 0 Å². The van der Waals surface area contributed by atoms with Crippen LogP contribution < -0.4 is 0 Å². The lowest BCUT2D eigenvalue weighted by molar-refractivity contribution is -0.259. The number of likely N-dealkylation sites (tertiary alicyclic amines) is 1. The molecule has 0 aliphatic carbocycles. The van der Waals surface area contributed by atoms with Gasteiger partial charge in [0.15, 0.2) is 5.60 Å². The van der Waals surface area contributed by atoms with Crippen LogP contribution in [0.3, 0.4) is 0 Å². The Morgan fingerprint density at radius 3 is 2.53 bits per heavy atom. The van der Waals surface area contributed by atoms with E-state index in [4.69, 9.17) is 0 Å². The van der Waals surface area contributed by atoms with Crippen LogP contribution in [0.2, 0.25) is 0 Å². The molecule has 0 aromatic carbocycles. The molecule has 0 radical (unpaired) electrons. The van der Waals surface area contributed by atoms with Gasteiger partial charge in [-0.15, -0.1) is 0 Å². The van der Waals surface area contributed by atoms with E-state index < -0.39 is 24.2 Å². The number of amides is 1. The van der Waals surface area contributed by atoms with Crippen LogP contribution in [0.4, 0.5) is 13.2 Å². The number of carbonyl (C=O) groups is 1. The summed E-state index contributed by atoms with van der Waals surface area (Å²) in [6.07, 6.45) is -3.15. The van der Waals surface area contributed by atoms with Crippen LogP contribution in [0.15, 0.2) is 0 Å². The van der Waals surface area contributed by atoms with E-state index in [0.717, 1.165) is 19.8 Å². The van der Waals surface area contributed by atoms with Crippen LogP contribution in [0.5, 0.6) is 0 Å². The predicted octanol–water partition coefficient (Wildman–Crippen LogP) is 2.73. The van der Waals surface area contributed by atoms with Gasteiger partial charge in [-0.25, -0.2) is 0 Å². The zero-order valence-corrected chi connectivity index (χ0v) is 11.6. The number of carbonyl (C=O) groups excluding carboxylic acids is 1. The Hall–Kier alpha value is -0.780. The van der Waals surface area contributed by atoms with Crippen LogP contribution in [0.1, 0.15) is 46.5 Å². The van der Waals surface area contributed by atoms with Crippen molar-refractivity contribution in [3.63, 3.8) is 0 Å². The van der Waals surface area contributed by atoms with Gasteiger partial charge in [-0.3, -0.25) is 4.79 Å². The van der Waals surface area contributed by atoms with E-state index in [9.17, 15) is 23.1 Å². The molecule has 0 saturated carbocycles. The Balaban J connectivity index is 2.81. The quantitative estimate of drug-likeness (QED) is 0.860. The van der Waals surface area contributed by atoms with Gasteiger partial charge < -0.3 is 10.0 Å². The average molecular weight is 281 g/mol. The Labute approximate surface area is 111 Å². The van der Waals surface area contributed by atoms with Crippen LogP contribution in [0.25, 0.3) is 0 Å². The summed E-state index contributed by atoms with van der Waals surface area (Å²) in [4.78, 5) is 13.5. The summed E-state index contributed by atoms with van der Waals surface area (Å²) >= 11 is 0. The summed E-state index contributed by atoms with van der Waals surface area (Å²) < 4.78 is 38.2. The Bertz CT molecular complexity index is 328. The molecule has 1 aliphatic heterocycles. The van der Waals surface area contributed by atoms with E-state index in [1.54, 1.807) is 13.8 Å². The van der Waals surface area contributed by atoms with E-state index in [1.165, 1.54) is 4.90 Å². The van der Waals surface area contributed by atoms with Crippen molar-refractivity contribution in [2.24, 2.45) is 5.92 Å². The Kier molecular flexibility index (Phi) is 4.87. The zero-order chi connectivity index (χ0) is 14.8. The molecule has 3 nitrogen and oxygen atoms in total. The number of hydrogen-bond acceptors (Lipinski definition) is 2. The molecule has 1 amide bonds. The third-order valence-corrected chi connectivity index (χ3v) is 3.90. The molecule has 1 fully saturated rings. The van der Waals surface area contributed by atoms with Crippen molar-refractivity contribution >= 4 is 5.91 Å². The highest BCUT2D eigenvalue weighted by molar-refractivity contribution is 5.79. The first-order valence-electron chi connectivity index (χ1n) is 6.69. The highest BCUT2D eigenvalue weighted by atomic mass is 19.4. The molecule has 1 saturated heterocycles. The lowest BCUT2D eigenvalue weighted by Crippen LogP contribution is -2.52. The summed E-state index contributed by atoms with van der Waals surface area (Å²) in [6, 6.07) is -0.563. The number of nitrogens with zero attached hydrogens (tertiary/aromatic N) is 1. The van der Waals surface area contributed by atoms with Gasteiger partial charge in [0.1, 0.15) is 0 Å². The first-order chi connectivity index (χ1) is 8.60. The summed E-state index contributed by atoms with van der Waals surface area (Å²) in [6.45, 7) is 4.79. The largest absolute Gasteiger partial charge is 0.416 e. The number of halogens is 3. The maximum absolute atomic E-state index is 12.7. The van der Waals surface area contributed by atoms with Crippen LogP contribution >= 0.6 is 0 Å². The molecule has 0 aromatic rings. The molecule has 3 atom stereocenters. The molecule has 2 unspecified atom stereocenters. The van der Waals surface area contributed by atoms with E-state index in [1.807, 2.05) is 0 Å². The Morgan fingerprint density at radius 1 is 1.47 bits per heavy atom. The van der Waals surface area contributed by atoms with Crippen LogP contribution in [0, 0.1) is 5.92 Å². The van der Waals surface area contributed by atoms with Gasteiger partial charge in [0, 0.05) is 24.9 Å². The van der Waals surface area contributed by atoms with Gasteiger partial charge in [-0.2, -0.15) is 13.2 Å². The molecule has 19 heavy (non-hydrogen) atoms. The molecule has 1 heterocycles. The monoisotopic (exact) mass is 281 g/mol. The van der Waals surface area contributed by atoms with Crippen molar-refractivity contribution in [1.82, 2.24) is 4.90 Å². The predicted molar refractivity (Wildman–Crippen MR) is 65.5 cm³/mol. The summed E-state index contributed by atoms with van der Waals surface area (Å²) in [5.74, 6) is -0.241. The van der Waals surface area contributed by atoms with Crippen LogP contribution in [-0.4, -0.2) is 40.3 Å². The first-order valence-corrected chi connectivity index (χ1v) is 6.69. The van der Waals surface area contributed by atoms with Crippen molar-refractivity contribution in [2.45, 2.75) is 64.3 Å². The fraction of sp³-hybridized carbons (Fsp3) is 0.923. The molecular weight excluding hydrogens is 259 g/mol. The van der Waals surface area contributed by atoms with Crippen molar-refractivity contribution in [3.8, 4) is 0 Å². The highest BCUT2D eigenvalue weighted by Crippen LogP contribution is 2.36. The number of hydrogen-bond donors (Lipinski definition) is 1. The van der Waals surface area contributed by atoms with Gasteiger partial charge in [-0.05, 0) is 26.2 Å². The second kappa shape index (κ2) is 5.69. The number of aliphatic hydroxyl groups is 1. The molecule has 0 bridgehead atoms. The number of alkyl halides is 3. The van der Waals surface area contributed by atoms with E-state index in [-0.39, 0.29) is 11.8 Å². The minimum atomic E-state index is -4.68. The van der Waals surface area contributed by atoms with Gasteiger partial charge in [0.2, 0.25) is 5.91 Å².